The second-order valence-corrected chi connectivity index (χ2v) is 4.76. The zero-order valence-corrected chi connectivity index (χ0v) is 11.1. The van der Waals surface area contributed by atoms with Gasteiger partial charge in [0.2, 0.25) is 0 Å². The van der Waals surface area contributed by atoms with Crippen molar-refractivity contribution < 1.29 is 14.5 Å². The standard InChI is InChI=1S/C12H13ClN2O4/c1-8-7-14(4-5-19-8)12(16)10-3-2-9(15(17)18)6-11(10)13/h2-3,6,8H,4-5,7H2,1H3. The van der Waals surface area contributed by atoms with Gasteiger partial charge in [0.05, 0.1) is 28.2 Å². The van der Waals surface area contributed by atoms with Crippen molar-refractivity contribution in [1.29, 1.82) is 0 Å². The van der Waals surface area contributed by atoms with Crippen LogP contribution >= 0.6 is 11.6 Å². The fourth-order valence-corrected chi connectivity index (χ4v) is 2.22. The third kappa shape index (κ3) is 3.02. The molecule has 0 N–H and O–H groups in total. The lowest BCUT2D eigenvalue weighted by Gasteiger charge is -2.31. The average Bonchev–Trinajstić information content (AvgIpc) is 2.37. The highest BCUT2D eigenvalue weighted by molar-refractivity contribution is 6.34. The summed E-state index contributed by atoms with van der Waals surface area (Å²) in [5, 5.41) is 10.7. The van der Waals surface area contributed by atoms with Crippen molar-refractivity contribution in [3.05, 3.63) is 38.9 Å². The van der Waals surface area contributed by atoms with Gasteiger partial charge in [0, 0.05) is 25.2 Å². The molecule has 0 aromatic heterocycles. The molecule has 1 aromatic rings. The Balaban J connectivity index is 2.21. The predicted octanol–water partition coefficient (Wildman–Crippen LogP) is 2.11. The quantitative estimate of drug-likeness (QED) is 0.616. The van der Waals surface area contributed by atoms with E-state index < -0.39 is 4.92 Å². The summed E-state index contributed by atoms with van der Waals surface area (Å²) in [5.74, 6) is -0.227. The summed E-state index contributed by atoms with van der Waals surface area (Å²) in [6, 6.07) is 3.87. The van der Waals surface area contributed by atoms with E-state index >= 15 is 0 Å². The number of non-ortho nitro benzene ring substituents is 1. The maximum atomic E-state index is 12.3. The second-order valence-electron chi connectivity index (χ2n) is 4.35. The molecule has 1 heterocycles. The van der Waals surface area contributed by atoms with Crippen LogP contribution in [0.5, 0.6) is 0 Å². The number of rotatable bonds is 2. The molecule has 1 saturated heterocycles. The molecule has 1 aliphatic rings. The van der Waals surface area contributed by atoms with Gasteiger partial charge in [0.1, 0.15) is 0 Å². The lowest BCUT2D eigenvalue weighted by Crippen LogP contribution is -2.44. The highest BCUT2D eigenvalue weighted by atomic mass is 35.5. The van der Waals surface area contributed by atoms with Gasteiger partial charge in [0.25, 0.3) is 11.6 Å². The van der Waals surface area contributed by atoms with Gasteiger partial charge in [-0.2, -0.15) is 0 Å². The number of nitro benzene ring substituents is 1. The molecule has 2 rings (SSSR count). The van der Waals surface area contributed by atoms with Gasteiger partial charge in [-0.05, 0) is 13.0 Å². The zero-order valence-electron chi connectivity index (χ0n) is 10.3. The summed E-state index contributed by atoms with van der Waals surface area (Å²) >= 11 is 5.94. The van der Waals surface area contributed by atoms with Crippen LogP contribution in [-0.2, 0) is 4.74 Å². The number of nitro groups is 1. The first-order chi connectivity index (χ1) is 8.99. The number of morpholine rings is 1. The number of hydrogen-bond donors (Lipinski definition) is 0. The summed E-state index contributed by atoms with van der Waals surface area (Å²) in [6.07, 6.45) is -0.0190. The Hall–Kier alpha value is -1.66. The van der Waals surface area contributed by atoms with E-state index in [0.29, 0.717) is 19.7 Å². The summed E-state index contributed by atoms with van der Waals surface area (Å²) < 4.78 is 5.36. The fraction of sp³-hybridized carbons (Fsp3) is 0.417. The van der Waals surface area contributed by atoms with Crippen LogP contribution in [0, 0.1) is 10.1 Å². The maximum absolute atomic E-state index is 12.3. The first-order valence-corrected chi connectivity index (χ1v) is 6.21. The van der Waals surface area contributed by atoms with E-state index in [4.69, 9.17) is 16.3 Å². The number of hydrogen-bond acceptors (Lipinski definition) is 4. The van der Waals surface area contributed by atoms with E-state index in [2.05, 4.69) is 0 Å². The molecule has 1 fully saturated rings. The summed E-state index contributed by atoms with van der Waals surface area (Å²) in [4.78, 5) is 24.0. The van der Waals surface area contributed by atoms with Gasteiger partial charge >= 0.3 is 0 Å². The maximum Gasteiger partial charge on any atom is 0.270 e. The van der Waals surface area contributed by atoms with Gasteiger partial charge in [-0.25, -0.2) is 0 Å². The van der Waals surface area contributed by atoms with Crippen molar-refractivity contribution in [3.8, 4) is 0 Å². The van der Waals surface area contributed by atoms with Crippen LogP contribution in [0.2, 0.25) is 5.02 Å². The highest BCUT2D eigenvalue weighted by Gasteiger charge is 2.24. The minimum atomic E-state index is -0.545. The van der Waals surface area contributed by atoms with Gasteiger partial charge < -0.3 is 9.64 Å². The van der Waals surface area contributed by atoms with Crippen LogP contribution in [0.3, 0.4) is 0 Å². The lowest BCUT2D eigenvalue weighted by atomic mass is 10.1. The van der Waals surface area contributed by atoms with Gasteiger partial charge in [-0.3, -0.25) is 14.9 Å². The van der Waals surface area contributed by atoms with Crippen LogP contribution in [0.4, 0.5) is 5.69 Å². The van der Waals surface area contributed by atoms with Crippen molar-refractivity contribution in [2.24, 2.45) is 0 Å². The molecule has 1 aromatic carbocycles. The lowest BCUT2D eigenvalue weighted by molar-refractivity contribution is -0.384. The zero-order chi connectivity index (χ0) is 14.0. The number of halogens is 1. The number of amides is 1. The number of nitrogens with zero attached hydrogens (tertiary/aromatic N) is 2. The molecule has 7 heteroatoms. The smallest absolute Gasteiger partial charge is 0.270 e. The SMILES string of the molecule is CC1CN(C(=O)c2ccc([N+](=O)[O-])cc2Cl)CCO1. The predicted molar refractivity (Wildman–Crippen MR) is 69.4 cm³/mol. The monoisotopic (exact) mass is 284 g/mol. The Morgan fingerprint density at radius 1 is 1.58 bits per heavy atom. The Morgan fingerprint density at radius 2 is 2.32 bits per heavy atom. The molecule has 0 saturated carbocycles. The third-order valence-electron chi connectivity index (χ3n) is 2.92. The van der Waals surface area contributed by atoms with Crippen LogP contribution in [0.25, 0.3) is 0 Å². The highest BCUT2D eigenvalue weighted by Crippen LogP contribution is 2.24. The molecule has 19 heavy (non-hydrogen) atoms. The normalized spacial score (nSPS) is 19.3. The summed E-state index contributed by atoms with van der Waals surface area (Å²) in [6.45, 7) is 3.36. The summed E-state index contributed by atoms with van der Waals surface area (Å²) in [5.41, 5.74) is 0.151. The van der Waals surface area contributed by atoms with E-state index in [1.54, 1.807) is 4.90 Å². The van der Waals surface area contributed by atoms with E-state index in [1.165, 1.54) is 18.2 Å². The fourth-order valence-electron chi connectivity index (χ4n) is 1.96. The first-order valence-electron chi connectivity index (χ1n) is 5.84. The minimum Gasteiger partial charge on any atom is -0.375 e. The van der Waals surface area contributed by atoms with Gasteiger partial charge in [0.15, 0.2) is 0 Å². The summed E-state index contributed by atoms with van der Waals surface area (Å²) in [7, 11) is 0. The van der Waals surface area contributed by atoms with E-state index in [0.717, 1.165) is 0 Å². The molecule has 1 aliphatic heterocycles. The second kappa shape index (κ2) is 5.54. The van der Waals surface area contributed by atoms with E-state index in [1.807, 2.05) is 6.92 Å². The molecule has 6 nitrogen and oxygen atoms in total. The number of carbonyl (C=O) groups excluding carboxylic acids is 1. The molecule has 0 bridgehead atoms. The molecule has 1 amide bonds. The third-order valence-corrected chi connectivity index (χ3v) is 3.23. The van der Waals surface area contributed by atoms with Crippen LogP contribution in [-0.4, -0.2) is 41.5 Å². The van der Waals surface area contributed by atoms with E-state index in [9.17, 15) is 14.9 Å². The average molecular weight is 285 g/mol. The molecular weight excluding hydrogens is 272 g/mol. The Morgan fingerprint density at radius 3 is 2.89 bits per heavy atom. The molecule has 1 atom stereocenters. The molecular formula is C12H13ClN2O4. The van der Waals surface area contributed by atoms with Crippen molar-refractivity contribution in [2.75, 3.05) is 19.7 Å². The molecule has 0 spiro atoms. The van der Waals surface area contributed by atoms with Gasteiger partial charge in [-0.1, -0.05) is 11.6 Å². The number of ether oxygens (including phenoxy) is 1. The topological polar surface area (TPSA) is 72.7 Å². The van der Waals surface area contributed by atoms with Crippen LogP contribution in [0.1, 0.15) is 17.3 Å². The molecule has 0 radical (unpaired) electrons. The Kier molecular flexibility index (Phi) is 4.01. The van der Waals surface area contributed by atoms with Gasteiger partial charge in [-0.15, -0.1) is 0 Å². The van der Waals surface area contributed by atoms with Crippen molar-refractivity contribution in [1.82, 2.24) is 4.90 Å². The van der Waals surface area contributed by atoms with Crippen molar-refractivity contribution in [3.63, 3.8) is 0 Å². The largest absolute Gasteiger partial charge is 0.375 e. The Labute approximate surface area is 115 Å². The first kappa shape index (κ1) is 13.8. The molecule has 102 valence electrons. The van der Waals surface area contributed by atoms with Crippen molar-refractivity contribution in [2.45, 2.75) is 13.0 Å². The van der Waals surface area contributed by atoms with E-state index in [-0.39, 0.29) is 28.3 Å². The Bertz CT molecular complexity index is 520. The van der Waals surface area contributed by atoms with Crippen LogP contribution < -0.4 is 0 Å². The molecule has 0 aliphatic carbocycles. The number of benzene rings is 1. The molecule has 1 unspecified atom stereocenters. The van der Waals surface area contributed by atoms with Crippen LogP contribution in [0.15, 0.2) is 18.2 Å². The van der Waals surface area contributed by atoms with Crippen molar-refractivity contribution >= 4 is 23.2 Å². The minimum absolute atomic E-state index is 0.0190. The number of carbonyl (C=O) groups is 1.